The molecule has 4 nitrogen and oxygen atoms in total. The summed E-state index contributed by atoms with van der Waals surface area (Å²) in [6.45, 7) is 3.03. The molecule has 0 unspecified atom stereocenters. The summed E-state index contributed by atoms with van der Waals surface area (Å²) in [5, 5.41) is 1.06. The zero-order valence-corrected chi connectivity index (χ0v) is 16.1. The van der Waals surface area contributed by atoms with Gasteiger partial charge < -0.3 is 4.57 Å². The zero-order valence-electron chi connectivity index (χ0n) is 14.5. The number of imide groups is 1. The average molecular weight is 411 g/mol. The van der Waals surface area contributed by atoms with Crippen LogP contribution in [0.4, 0.5) is 5.69 Å². The Morgan fingerprint density at radius 1 is 1.08 bits per heavy atom. The van der Waals surface area contributed by atoms with Gasteiger partial charge in [0.05, 0.1) is 11.6 Å². The largest absolute Gasteiger partial charge is 0.347 e. The third kappa shape index (κ3) is 2.76. The predicted octanol–water partition coefficient (Wildman–Crippen LogP) is 4.86. The molecule has 3 aromatic rings. The van der Waals surface area contributed by atoms with Crippen molar-refractivity contribution >= 4 is 44.3 Å². The van der Waals surface area contributed by atoms with E-state index >= 15 is 0 Å². The number of halogens is 1. The molecule has 132 valence electrons. The van der Waals surface area contributed by atoms with Crippen LogP contribution in [0.5, 0.6) is 0 Å². The number of fused-ring (bicyclic) bond motifs is 1. The molecule has 4 rings (SSSR count). The first kappa shape index (κ1) is 17.0. The lowest BCUT2D eigenvalue weighted by Crippen LogP contribution is -2.29. The summed E-state index contributed by atoms with van der Waals surface area (Å²) in [6, 6.07) is 15.4. The summed E-state index contributed by atoms with van der Waals surface area (Å²) >= 11 is 3.39. The van der Waals surface area contributed by atoms with Gasteiger partial charge in [-0.1, -0.05) is 41.1 Å². The van der Waals surface area contributed by atoms with E-state index in [1.807, 2.05) is 30.3 Å². The molecule has 2 heterocycles. The average Bonchev–Trinajstić information content (AvgIpc) is 3.14. The molecule has 0 aliphatic carbocycles. The van der Waals surface area contributed by atoms with Crippen molar-refractivity contribution in [3.63, 3.8) is 0 Å². The Balaban J connectivity index is 1.75. The van der Waals surface area contributed by atoms with Crippen LogP contribution in [-0.4, -0.2) is 16.4 Å². The number of amides is 2. The van der Waals surface area contributed by atoms with Gasteiger partial charge in [-0.15, -0.1) is 0 Å². The van der Waals surface area contributed by atoms with Gasteiger partial charge in [-0.25, -0.2) is 0 Å². The van der Waals surface area contributed by atoms with Gasteiger partial charge in [-0.05, 0) is 42.3 Å². The smallest absolute Gasteiger partial charge is 0.241 e. The first-order chi connectivity index (χ1) is 12.6. The van der Waals surface area contributed by atoms with E-state index in [0.717, 1.165) is 33.9 Å². The summed E-state index contributed by atoms with van der Waals surface area (Å²) in [5.41, 5.74) is 2.70. The number of para-hydroxylation sites is 1. The van der Waals surface area contributed by atoms with Crippen molar-refractivity contribution in [2.75, 3.05) is 4.90 Å². The summed E-state index contributed by atoms with van der Waals surface area (Å²) < 4.78 is 3.10. The zero-order chi connectivity index (χ0) is 18.3. The molecule has 1 saturated heterocycles. The van der Waals surface area contributed by atoms with Crippen molar-refractivity contribution in [2.24, 2.45) is 0 Å². The lowest BCUT2D eigenvalue weighted by molar-refractivity contribution is -0.121. The minimum atomic E-state index is -0.422. The van der Waals surface area contributed by atoms with E-state index in [2.05, 4.69) is 39.7 Å². The molecule has 0 spiro atoms. The number of anilines is 1. The van der Waals surface area contributed by atoms with Crippen LogP contribution in [0.2, 0.25) is 0 Å². The topological polar surface area (TPSA) is 42.3 Å². The lowest BCUT2D eigenvalue weighted by Gasteiger charge is -2.15. The van der Waals surface area contributed by atoms with E-state index in [0.29, 0.717) is 5.69 Å². The standard InChI is InChI=1S/C21H19BrN2O2/c1-2-11-23-13-18(16-5-3-4-6-19(16)23)17-12-20(25)24(21(17)26)15-9-7-14(22)8-10-15/h3-10,13,17H,2,11-12H2,1H3/t17-/m0/s1. The highest BCUT2D eigenvalue weighted by Gasteiger charge is 2.41. The molecule has 1 aromatic heterocycles. The number of aromatic nitrogens is 1. The van der Waals surface area contributed by atoms with E-state index in [9.17, 15) is 9.59 Å². The van der Waals surface area contributed by atoms with Crippen LogP contribution in [-0.2, 0) is 16.1 Å². The molecule has 2 aromatic carbocycles. The molecule has 1 aliphatic rings. The Kier molecular flexibility index (Phi) is 4.41. The number of hydrogen-bond acceptors (Lipinski definition) is 2. The number of rotatable bonds is 4. The van der Waals surface area contributed by atoms with Crippen LogP contribution in [0.15, 0.2) is 59.2 Å². The van der Waals surface area contributed by atoms with Crippen LogP contribution in [0.3, 0.4) is 0 Å². The fourth-order valence-electron chi connectivity index (χ4n) is 3.72. The van der Waals surface area contributed by atoms with Gasteiger partial charge in [0.25, 0.3) is 0 Å². The van der Waals surface area contributed by atoms with Gasteiger partial charge in [0, 0.05) is 34.5 Å². The highest BCUT2D eigenvalue weighted by atomic mass is 79.9. The van der Waals surface area contributed by atoms with Crippen molar-refractivity contribution < 1.29 is 9.59 Å². The maximum atomic E-state index is 13.1. The first-order valence-electron chi connectivity index (χ1n) is 8.80. The highest BCUT2D eigenvalue weighted by Crippen LogP contribution is 2.37. The van der Waals surface area contributed by atoms with Crippen molar-refractivity contribution in [3.05, 3.63) is 64.8 Å². The monoisotopic (exact) mass is 410 g/mol. The molecule has 1 atom stereocenters. The second-order valence-corrected chi connectivity index (χ2v) is 7.51. The molecule has 26 heavy (non-hydrogen) atoms. The second kappa shape index (κ2) is 6.72. The minimum Gasteiger partial charge on any atom is -0.347 e. The maximum Gasteiger partial charge on any atom is 0.241 e. The van der Waals surface area contributed by atoms with Gasteiger partial charge in [0.1, 0.15) is 0 Å². The number of carbonyl (C=O) groups excluding carboxylic acids is 2. The molecule has 2 amide bonds. The van der Waals surface area contributed by atoms with Crippen molar-refractivity contribution in [2.45, 2.75) is 32.2 Å². The third-order valence-electron chi connectivity index (χ3n) is 4.89. The van der Waals surface area contributed by atoms with E-state index in [4.69, 9.17) is 0 Å². The molecule has 0 N–H and O–H groups in total. The maximum absolute atomic E-state index is 13.1. The van der Waals surface area contributed by atoms with Crippen LogP contribution >= 0.6 is 15.9 Å². The highest BCUT2D eigenvalue weighted by molar-refractivity contribution is 9.10. The quantitative estimate of drug-likeness (QED) is 0.576. The molecule has 0 saturated carbocycles. The Morgan fingerprint density at radius 3 is 2.54 bits per heavy atom. The minimum absolute atomic E-state index is 0.142. The van der Waals surface area contributed by atoms with Gasteiger partial charge in [-0.3, -0.25) is 14.5 Å². The molecule has 5 heteroatoms. The van der Waals surface area contributed by atoms with Gasteiger partial charge >= 0.3 is 0 Å². The Labute approximate surface area is 160 Å². The van der Waals surface area contributed by atoms with E-state index in [1.54, 1.807) is 12.1 Å². The first-order valence-corrected chi connectivity index (χ1v) is 9.59. The summed E-state index contributed by atoms with van der Waals surface area (Å²) in [6.07, 6.45) is 3.28. The molecule has 0 bridgehead atoms. The SMILES string of the molecule is CCCn1cc([C@@H]2CC(=O)N(c3ccc(Br)cc3)C2=O)c2ccccc21. The molecule has 1 fully saturated rings. The molecular weight excluding hydrogens is 392 g/mol. The van der Waals surface area contributed by atoms with Crippen molar-refractivity contribution in [1.82, 2.24) is 4.57 Å². The lowest BCUT2D eigenvalue weighted by atomic mass is 9.97. The number of carbonyl (C=O) groups is 2. The molecule has 1 aliphatic heterocycles. The number of aryl methyl sites for hydroxylation is 1. The number of hydrogen-bond donors (Lipinski definition) is 0. The van der Waals surface area contributed by atoms with Crippen LogP contribution in [0, 0.1) is 0 Å². The summed E-state index contributed by atoms with van der Waals surface area (Å²) in [5.74, 6) is -0.708. The van der Waals surface area contributed by atoms with Crippen LogP contribution < -0.4 is 4.90 Å². The Bertz CT molecular complexity index is 991. The Hall–Kier alpha value is -2.40. The van der Waals surface area contributed by atoms with E-state index < -0.39 is 5.92 Å². The van der Waals surface area contributed by atoms with Gasteiger partial charge in [-0.2, -0.15) is 0 Å². The number of nitrogens with zero attached hydrogens (tertiary/aromatic N) is 2. The van der Waals surface area contributed by atoms with Gasteiger partial charge in [0.2, 0.25) is 11.8 Å². The summed E-state index contributed by atoms with van der Waals surface area (Å²) in [4.78, 5) is 27.0. The predicted molar refractivity (Wildman–Crippen MR) is 106 cm³/mol. The summed E-state index contributed by atoms with van der Waals surface area (Å²) in [7, 11) is 0. The van der Waals surface area contributed by atoms with Crippen LogP contribution in [0.1, 0.15) is 31.2 Å². The second-order valence-electron chi connectivity index (χ2n) is 6.60. The van der Waals surface area contributed by atoms with Crippen molar-refractivity contribution in [1.29, 1.82) is 0 Å². The number of benzene rings is 2. The molecule has 0 radical (unpaired) electrons. The fraction of sp³-hybridized carbons (Fsp3) is 0.238. The Morgan fingerprint density at radius 2 is 1.81 bits per heavy atom. The third-order valence-corrected chi connectivity index (χ3v) is 5.42. The van der Waals surface area contributed by atoms with E-state index in [-0.39, 0.29) is 18.2 Å². The van der Waals surface area contributed by atoms with Crippen molar-refractivity contribution in [3.8, 4) is 0 Å². The fourth-order valence-corrected chi connectivity index (χ4v) is 3.98. The van der Waals surface area contributed by atoms with Gasteiger partial charge in [0.15, 0.2) is 0 Å². The normalized spacial score (nSPS) is 17.5. The van der Waals surface area contributed by atoms with Crippen LogP contribution in [0.25, 0.3) is 10.9 Å². The van der Waals surface area contributed by atoms with E-state index in [1.165, 1.54) is 4.90 Å². The molecular formula is C21H19BrN2O2.